The number of nitrogens with one attached hydrogen (secondary N) is 1. The van der Waals surface area contributed by atoms with E-state index in [0.717, 1.165) is 0 Å². The van der Waals surface area contributed by atoms with E-state index in [1.807, 2.05) is 0 Å². The first-order valence-electron chi connectivity index (χ1n) is 5.11. The monoisotopic (exact) mass is 237 g/mol. The Labute approximate surface area is 96.6 Å². The summed E-state index contributed by atoms with van der Waals surface area (Å²) in [6.45, 7) is 1.79. The fourth-order valence-electron chi connectivity index (χ4n) is 1.49. The predicted molar refractivity (Wildman–Crippen MR) is 59.8 cm³/mol. The fraction of sp³-hybridized carbons (Fsp3) is 0.300. The Kier molecular flexibility index (Phi) is 2.90. The summed E-state index contributed by atoms with van der Waals surface area (Å²) in [5.41, 5.74) is 5.60. The van der Waals surface area contributed by atoms with Crippen LogP contribution in [0.1, 0.15) is 13.3 Å². The van der Waals surface area contributed by atoms with Crippen LogP contribution >= 0.6 is 0 Å². The number of fused-ring (bicyclic) bond motifs is 1. The van der Waals surface area contributed by atoms with E-state index >= 15 is 0 Å². The van der Waals surface area contributed by atoms with Crippen LogP contribution in [0.2, 0.25) is 0 Å². The minimum atomic E-state index is -0.403. The molecule has 0 saturated carbocycles. The number of carbonyl (C=O) groups excluding carboxylic acids is 1. The number of rotatable bonds is 4. The molecule has 0 fully saturated rings. The minimum Gasteiger partial charge on any atom is -0.370 e. The second-order valence-corrected chi connectivity index (χ2v) is 3.80. The summed E-state index contributed by atoms with van der Waals surface area (Å²) in [6.07, 6.45) is 1.41. The average molecular weight is 237 g/mol. The highest BCUT2D eigenvalue weighted by Crippen LogP contribution is 2.08. The summed E-state index contributed by atoms with van der Waals surface area (Å²) in [5, 5.41) is 6.94. The highest BCUT2D eigenvalue weighted by Gasteiger charge is 2.09. The quantitative estimate of drug-likeness (QED) is 0.812. The zero-order valence-electron chi connectivity index (χ0n) is 9.22. The van der Waals surface area contributed by atoms with Crippen molar-refractivity contribution in [1.82, 2.24) is 14.6 Å². The molecular formula is C10H12FN5O. The highest BCUT2D eigenvalue weighted by molar-refractivity contribution is 5.74. The molecule has 2 heterocycles. The summed E-state index contributed by atoms with van der Waals surface area (Å²) in [7, 11) is 0. The van der Waals surface area contributed by atoms with E-state index in [1.165, 1.54) is 22.8 Å². The van der Waals surface area contributed by atoms with Gasteiger partial charge in [0.1, 0.15) is 5.82 Å². The number of pyridine rings is 1. The Bertz CT molecular complexity index is 553. The predicted octanol–water partition coefficient (Wildman–Crippen LogP) is 0.544. The van der Waals surface area contributed by atoms with Crippen molar-refractivity contribution in [2.45, 2.75) is 19.4 Å². The number of anilines is 1. The van der Waals surface area contributed by atoms with Crippen molar-refractivity contribution in [3.05, 3.63) is 24.1 Å². The van der Waals surface area contributed by atoms with Gasteiger partial charge in [0, 0.05) is 12.5 Å². The first kappa shape index (κ1) is 11.3. The zero-order chi connectivity index (χ0) is 12.4. The number of hydrogen-bond donors (Lipinski definition) is 2. The lowest BCUT2D eigenvalue weighted by atomic mass is 10.2. The number of primary amides is 1. The first-order valence-corrected chi connectivity index (χ1v) is 5.11. The molecule has 2 aromatic heterocycles. The number of halogens is 1. The molecule has 0 saturated heterocycles. The third kappa shape index (κ3) is 2.68. The SMILES string of the molecule is CC(CC(N)=O)Nc1nc2ccc(F)cn2n1. The molecular weight excluding hydrogens is 225 g/mol. The Balaban J connectivity index is 2.16. The first-order chi connectivity index (χ1) is 8.04. The third-order valence-electron chi connectivity index (χ3n) is 2.18. The Morgan fingerprint density at radius 2 is 2.41 bits per heavy atom. The summed E-state index contributed by atoms with van der Waals surface area (Å²) < 4.78 is 14.2. The molecule has 3 N–H and O–H groups in total. The van der Waals surface area contributed by atoms with E-state index in [9.17, 15) is 9.18 Å². The van der Waals surface area contributed by atoms with Crippen LogP contribution in [-0.4, -0.2) is 26.5 Å². The molecule has 90 valence electrons. The number of hydrogen-bond acceptors (Lipinski definition) is 4. The van der Waals surface area contributed by atoms with Gasteiger partial charge in [0.2, 0.25) is 11.9 Å². The van der Waals surface area contributed by atoms with Gasteiger partial charge >= 0.3 is 0 Å². The summed E-state index contributed by atoms with van der Waals surface area (Å²) in [4.78, 5) is 14.8. The second-order valence-electron chi connectivity index (χ2n) is 3.80. The fourth-order valence-corrected chi connectivity index (χ4v) is 1.49. The minimum absolute atomic E-state index is 0.172. The van der Waals surface area contributed by atoms with Crippen molar-refractivity contribution in [2.75, 3.05) is 5.32 Å². The standard InChI is InChI=1S/C10H12FN5O/c1-6(4-8(12)17)13-10-14-9-3-2-7(11)5-16(9)15-10/h2-3,5-6H,4H2,1H3,(H2,12,17)(H,13,15). The third-order valence-corrected chi connectivity index (χ3v) is 2.18. The number of nitrogens with zero attached hydrogens (tertiary/aromatic N) is 3. The summed E-state index contributed by atoms with van der Waals surface area (Å²) in [5.74, 6) is -0.455. The highest BCUT2D eigenvalue weighted by atomic mass is 19.1. The van der Waals surface area contributed by atoms with Gasteiger partial charge in [0.25, 0.3) is 0 Å². The van der Waals surface area contributed by atoms with Crippen molar-refractivity contribution in [1.29, 1.82) is 0 Å². The van der Waals surface area contributed by atoms with Gasteiger partial charge in [-0.25, -0.2) is 8.91 Å². The van der Waals surface area contributed by atoms with E-state index in [0.29, 0.717) is 11.6 Å². The van der Waals surface area contributed by atoms with Gasteiger partial charge in [-0.05, 0) is 19.1 Å². The lowest BCUT2D eigenvalue weighted by Gasteiger charge is -2.08. The number of nitrogens with two attached hydrogens (primary N) is 1. The van der Waals surface area contributed by atoms with Crippen LogP contribution in [0.3, 0.4) is 0 Å². The molecule has 0 radical (unpaired) electrons. The Morgan fingerprint density at radius 3 is 3.12 bits per heavy atom. The van der Waals surface area contributed by atoms with Crippen LogP contribution in [0.5, 0.6) is 0 Å². The van der Waals surface area contributed by atoms with Crippen molar-refractivity contribution >= 4 is 17.5 Å². The molecule has 17 heavy (non-hydrogen) atoms. The van der Waals surface area contributed by atoms with Crippen molar-refractivity contribution in [2.24, 2.45) is 5.73 Å². The van der Waals surface area contributed by atoms with Crippen molar-refractivity contribution < 1.29 is 9.18 Å². The van der Waals surface area contributed by atoms with Crippen LogP contribution < -0.4 is 11.1 Å². The molecule has 1 unspecified atom stereocenters. The Hall–Kier alpha value is -2.18. The van der Waals surface area contributed by atoms with E-state index in [-0.39, 0.29) is 18.3 Å². The smallest absolute Gasteiger partial charge is 0.243 e. The molecule has 0 aromatic carbocycles. The van der Waals surface area contributed by atoms with Gasteiger partial charge in [-0.1, -0.05) is 0 Å². The molecule has 2 aromatic rings. The normalized spacial score (nSPS) is 12.6. The molecule has 0 aliphatic carbocycles. The van der Waals surface area contributed by atoms with Crippen LogP contribution in [0.25, 0.3) is 5.65 Å². The molecule has 7 heteroatoms. The molecule has 0 aliphatic rings. The van der Waals surface area contributed by atoms with Gasteiger partial charge in [0.15, 0.2) is 5.65 Å². The molecule has 0 aliphatic heterocycles. The van der Waals surface area contributed by atoms with Crippen LogP contribution in [0.15, 0.2) is 18.3 Å². The summed E-state index contributed by atoms with van der Waals surface area (Å²) in [6, 6.07) is 2.65. The largest absolute Gasteiger partial charge is 0.370 e. The Morgan fingerprint density at radius 1 is 1.65 bits per heavy atom. The molecule has 2 rings (SSSR count). The van der Waals surface area contributed by atoms with Gasteiger partial charge in [0.05, 0.1) is 6.20 Å². The van der Waals surface area contributed by atoms with Crippen LogP contribution in [0, 0.1) is 5.82 Å². The maximum Gasteiger partial charge on any atom is 0.243 e. The van der Waals surface area contributed by atoms with Crippen molar-refractivity contribution in [3.8, 4) is 0 Å². The number of aromatic nitrogens is 3. The molecule has 1 amide bonds. The van der Waals surface area contributed by atoms with Crippen molar-refractivity contribution in [3.63, 3.8) is 0 Å². The van der Waals surface area contributed by atoms with Gasteiger partial charge in [-0.3, -0.25) is 4.79 Å². The van der Waals surface area contributed by atoms with Gasteiger partial charge in [-0.2, -0.15) is 4.98 Å². The van der Waals surface area contributed by atoms with E-state index < -0.39 is 5.91 Å². The lowest BCUT2D eigenvalue weighted by molar-refractivity contribution is -0.118. The van der Waals surface area contributed by atoms with E-state index in [1.54, 1.807) is 6.92 Å². The zero-order valence-corrected chi connectivity index (χ0v) is 9.22. The molecule has 0 bridgehead atoms. The van der Waals surface area contributed by atoms with E-state index in [4.69, 9.17) is 5.73 Å². The maximum atomic E-state index is 12.9. The average Bonchev–Trinajstić information content (AvgIpc) is 2.57. The number of carbonyl (C=O) groups is 1. The number of amides is 1. The molecule has 0 spiro atoms. The lowest BCUT2D eigenvalue weighted by Crippen LogP contribution is -2.24. The summed E-state index contributed by atoms with van der Waals surface area (Å²) >= 11 is 0. The van der Waals surface area contributed by atoms with Crippen LogP contribution in [-0.2, 0) is 4.79 Å². The topological polar surface area (TPSA) is 85.3 Å². The van der Waals surface area contributed by atoms with E-state index in [2.05, 4.69) is 15.4 Å². The van der Waals surface area contributed by atoms with Crippen LogP contribution in [0.4, 0.5) is 10.3 Å². The maximum absolute atomic E-state index is 12.9. The van der Waals surface area contributed by atoms with Gasteiger partial charge < -0.3 is 11.1 Å². The second kappa shape index (κ2) is 4.36. The van der Waals surface area contributed by atoms with Gasteiger partial charge in [-0.15, -0.1) is 5.10 Å². The molecule has 1 atom stereocenters. The molecule has 6 nitrogen and oxygen atoms in total.